The van der Waals surface area contributed by atoms with Gasteiger partial charge in [-0.05, 0) is 59.9 Å². The van der Waals surface area contributed by atoms with Gasteiger partial charge in [0.15, 0.2) is 15.6 Å². The number of thiophene rings is 1. The van der Waals surface area contributed by atoms with E-state index in [1.165, 1.54) is 17.4 Å². The van der Waals surface area contributed by atoms with Gasteiger partial charge in [-0.3, -0.25) is 4.79 Å². The van der Waals surface area contributed by atoms with Crippen molar-refractivity contribution in [2.24, 2.45) is 5.73 Å². The summed E-state index contributed by atoms with van der Waals surface area (Å²) in [6.07, 6.45) is 2.28. The maximum atomic E-state index is 13.4. The van der Waals surface area contributed by atoms with Crippen molar-refractivity contribution in [1.29, 1.82) is 0 Å². The predicted octanol–water partition coefficient (Wildman–Crippen LogP) is 3.65. The number of benzene rings is 1. The van der Waals surface area contributed by atoms with Gasteiger partial charge in [0.2, 0.25) is 6.41 Å². The van der Waals surface area contributed by atoms with Gasteiger partial charge >= 0.3 is 0 Å². The Balaban J connectivity index is 0.000000758. The van der Waals surface area contributed by atoms with E-state index in [2.05, 4.69) is 12.3 Å². The first kappa shape index (κ1) is 20.2. The second kappa shape index (κ2) is 8.98. The van der Waals surface area contributed by atoms with Gasteiger partial charge in [0.05, 0.1) is 9.88 Å². The van der Waals surface area contributed by atoms with Crippen LogP contribution in [0.5, 0.6) is 0 Å². The third-order valence-corrected chi connectivity index (χ3v) is 5.81. The zero-order chi connectivity index (χ0) is 19.3. The molecule has 0 aliphatic carbocycles. The summed E-state index contributed by atoms with van der Waals surface area (Å²) in [6, 6.07) is 5.89. The Kier molecular flexibility index (Phi) is 6.96. The Labute approximate surface area is 162 Å². The minimum Gasteiger partial charge on any atom is -0.372 e. The average Bonchev–Trinajstić information content (AvgIpc) is 3.16. The zero-order valence-electron chi connectivity index (χ0n) is 13.9. The van der Waals surface area contributed by atoms with Gasteiger partial charge in [-0.25, -0.2) is 8.78 Å². The number of thiazole rings is 1. The van der Waals surface area contributed by atoms with Crippen LogP contribution >= 0.6 is 34.9 Å². The normalized spacial score (nSPS) is 11.1. The summed E-state index contributed by atoms with van der Waals surface area (Å²) in [5.74, 6) is -1.67. The second-order valence-corrected chi connectivity index (χ2v) is 7.69. The Hall–Kier alpha value is -2.16. The molecule has 0 spiro atoms. The van der Waals surface area contributed by atoms with Gasteiger partial charge in [-0.15, -0.1) is 22.7 Å². The summed E-state index contributed by atoms with van der Waals surface area (Å²) in [5.41, 5.74) is 5.69. The molecule has 0 atom stereocenters. The summed E-state index contributed by atoms with van der Waals surface area (Å²) in [7, 11) is 0. The summed E-state index contributed by atoms with van der Waals surface area (Å²) in [4.78, 5) is 9.61. The van der Waals surface area contributed by atoms with E-state index in [-0.39, 0.29) is 6.41 Å². The molecule has 3 nitrogen and oxygen atoms in total. The number of nitrogens with two attached hydrogens (primary N) is 1. The molecule has 1 amide bonds. The first-order valence-corrected chi connectivity index (χ1v) is 9.61. The summed E-state index contributed by atoms with van der Waals surface area (Å²) in [6.45, 7) is 6.92. The molecule has 26 heavy (non-hydrogen) atoms. The third-order valence-electron chi connectivity index (χ3n) is 3.49. The number of aromatic nitrogens is 1. The highest BCUT2D eigenvalue weighted by atomic mass is 32.1. The van der Waals surface area contributed by atoms with Gasteiger partial charge in [-0.2, -0.15) is 0 Å². The molecule has 0 bridgehead atoms. The van der Waals surface area contributed by atoms with E-state index in [0.717, 1.165) is 36.9 Å². The molecule has 0 aliphatic heterocycles. The Morgan fingerprint density at radius 2 is 1.96 bits per heavy atom. The standard InChI is InChI=1S/C17H13F2NS3.CH3NO/c1-3-20-10(2)16(23-17(20)21)8-13-6-12(9-22-13)11-4-5-14(18)15(19)7-11;2-1-3/h4-9H,2-3H2,1H3;1H,(H2,2,3)/b16-8-;. The van der Waals surface area contributed by atoms with E-state index in [0.29, 0.717) is 5.56 Å². The maximum Gasteiger partial charge on any atom is 0.204 e. The average molecular weight is 411 g/mol. The van der Waals surface area contributed by atoms with E-state index >= 15 is 0 Å². The number of primary amides is 1. The highest BCUT2D eigenvalue weighted by molar-refractivity contribution is 7.73. The first-order valence-electron chi connectivity index (χ1n) is 7.50. The van der Waals surface area contributed by atoms with E-state index < -0.39 is 11.6 Å². The lowest BCUT2D eigenvalue weighted by atomic mass is 10.1. The number of carbonyl (C=O) groups excluding carboxylic acids is 1. The molecule has 2 heterocycles. The van der Waals surface area contributed by atoms with Crippen LogP contribution in [0.1, 0.15) is 11.8 Å². The van der Waals surface area contributed by atoms with E-state index in [4.69, 9.17) is 17.0 Å². The SMILES string of the molecule is C=c1/c(=C/c2cc(-c3ccc(F)c(F)c3)cs2)sc(=S)n1CC.NC=O. The van der Waals surface area contributed by atoms with Gasteiger partial charge < -0.3 is 10.3 Å². The van der Waals surface area contributed by atoms with Crippen LogP contribution < -0.4 is 15.6 Å². The van der Waals surface area contributed by atoms with E-state index in [1.54, 1.807) is 17.4 Å². The number of rotatable bonds is 3. The maximum absolute atomic E-state index is 13.4. The molecule has 2 aromatic heterocycles. The predicted molar refractivity (Wildman–Crippen MR) is 107 cm³/mol. The summed E-state index contributed by atoms with van der Waals surface area (Å²) >= 11 is 8.40. The number of nitrogens with zero attached hydrogens (tertiary/aromatic N) is 1. The minimum atomic E-state index is -0.836. The lowest BCUT2D eigenvalue weighted by Crippen LogP contribution is -2.26. The summed E-state index contributed by atoms with van der Waals surface area (Å²) < 4.78 is 30.2. The fraction of sp³-hybridized carbons (Fsp3) is 0.111. The number of hydrogen-bond donors (Lipinski definition) is 1. The second-order valence-electron chi connectivity index (χ2n) is 5.07. The molecule has 0 fully saturated rings. The zero-order valence-corrected chi connectivity index (χ0v) is 16.3. The van der Waals surface area contributed by atoms with Crippen molar-refractivity contribution < 1.29 is 13.6 Å². The highest BCUT2D eigenvalue weighted by Gasteiger charge is 2.06. The van der Waals surface area contributed by atoms with Crippen LogP contribution in [0.25, 0.3) is 23.8 Å². The van der Waals surface area contributed by atoms with Crippen molar-refractivity contribution in [1.82, 2.24) is 4.57 Å². The molecule has 0 unspecified atom stereocenters. The smallest absolute Gasteiger partial charge is 0.204 e. The molecule has 136 valence electrons. The molecule has 3 aromatic rings. The van der Waals surface area contributed by atoms with Crippen molar-refractivity contribution in [3.63, 3.8) is 0 Å². The monoisotopic (exact) mass is 410 g/mol. The van der Waals surface area contributed by atoms with Gasteiger partial charge in [0.25, 0.3) is 0 Å². The Morgan fingerprint density at radius 3 is 2.54 bits per heavy atom. The molecule has 8 heteroatoms. The van der Waals surface area contributed by atoms with Crippen LogP contribution in [0.2, 0.25) is 0 Å². The van der Waals surface area contributed by atoms with Gasteiger partial charge in [-0.1, -0.05) is 12.6 Å². The van der Waals surface area contributed by atoms with Gasteiger partial charge in [0.1, 0.15) is 0 Å². The minimum absolute atomic E-state index is 0.250. The van der Waals surface area contributed by atoms with Crippen LogP contribution in [0.4, 0.5) is 8.78 Å². The first-order chi connectivity index (χ1) is 12.4. The topological polar surface area (TPSA) is 48.0 Å². The molecular weight excluding hydrogens is 394 g/mol. The molecule has 0 saturated carbocycles. The Bertz CT molecular complexity index is 1080. The lowest BCUT2D eigenvalue weighted by molar-refractivity contribution is -0.106. The van der Waals surface area contributed by atoms with Crippen molar-refractivity contribution in [3.8, 4) is 11.1 Å². The van der Waals surface area contributed by atoms with Crippen molar-refractivity contribution >= 4 is 54.0 Å². The van der Waals surface area contributed by atoms with Crippen LogP contribution in [-0.4, -0.2) is 11.0 Å². The lowest BCUT2D eigenvalue weighted by Gasteiger charge is -1.98. The van der Waals surface area contributed by atoms with Crippen LogP contribution in [0.15, 0.2) is 29.6 Å². The van der Waals surface area contributed by atoms with Crippen LogP contribution in [0, 0.1) is 15.6 Å². The van der Waals surface area contributed by atoms with E-state index in [9.17, 15) is 8.78 Å². The van der Waals surface area contributed by atoms with Crippen molar-refractivity contribution in [2.75, 3.05) is 0 Å². The number of hydrogen-bond acceptors (Lipinski definition) is 4. The number of carbonyl (C=O) groups is 1. The molecule has 0 radical (unpaired) electrons. The summed E-state index contributed by atoms with van der Waals surface area (Å²) in [5, 5.41) is 2.84. The van der Waals surface area contributed by atoms with Gasteiger partial charge in [0, 0.05) is 11.4 Å². The quantitative estimate of drug-likeness (QED) is 0.529. The largest absolute Gasteiger partial charge is 0.372 e. The molecular formula is C18H16F2N2OS3. The number of amides is 1. The van der Waals surface area contributed by atoms with Crippen LogP contribution in [-0.2, 0) is 11.3 Å². The molecule has 2 N–H and O–H groups in total. The number of halogens is 2. The molecule has 0 aliphatic rings. The fourth-order valence-corrected chi connectivity index (χ4v) is 4.65. The van der Waals surface area contributed by atoms with Crippen molar-refractivity contribution in [3.05, 3.63) is 60.0 Å². The van der Waals surface area contributed by atoms with E-state index in [1.807, 2.05) is 29.0 Å². The Morgan fingerprint density at radius 1 is 1.27 bits per heavy atom. The molecule has 1 aromatic carbocycles. The van der Waals surface area contributed by atoms with Crippen molar-refractivity contribution in [2.45, 2.75) is 13.5 Å². The molecule has 0 saturated heterocycles. The molecule has 3 rings (SSSR count). The fourth-order valence-electron chi connectivity index (χ4n) is 2.27. The third kappa shape index (κ3) is 4.51. The van der Waals surface area contributed by atoms with Crippen LogP contribution in [0.3, 0.4) is 0 Å². The highest BCUT2D eigenvalue weighted by Crippen LogP contribution is 2.27.